The number of halogens is 1. The van der Waals surface area contributed by atoms with Gasteiger partial charge < -0.3 is 19.0 Å². The van der Waals surface area contributed by atoms with E-state index >= 15 is 4.39 Å². The first-order valence-electron chi connectivity index (χ1n) is 10.0. The third-order valence-corrected chi connectivity index (χ3v) is 6.52. The van der Waals surface area contributed by atoms with Crippen molar-refractivity contribution in [3.63, 3.8) is 0 Å². The second-order valence-electron chi connectivity index (χ2n) is 7.31. The standard InChI is InChI=1S/C24H19FN4O3S/c1-29-12-11-26-22(29)21-27-23(30)18-17(13-7-9-14(31-2)10-8-13)20(33-24(18)28-21)15-5-4-6-16(32-3)19(15)25/h4-12H,1-3H3,(H,27,28,30). The van der Waals surface area contributed by atoms with Crippen LogP contribution < -0.4 is 15.0 Å². The summed E-state index contributed by atoms with van der Waals surface area (Å²) in [6.45, 7) is 0. The number of H-pyrrole nitrogens is 1. The second kappa shape index (κ2) is 8.18. The molecule has 0 amide bonds. The number of aromatic amines is 1. The number of fused-ring (bicyclic) bond motifs is 1. The van der Waals surface area contributed by atoms with E-state index in [1.54, 1.807) is 54.4 Å². The van der Waals surface area contributed by atoms with Gasteiger partial charge in [0.15, 0.2) is 23.2 Å². The third kappa shape index (κ3) is 3.46. The van der Waals surface area contributed by atoms with E-state index in [0.29, 0.717) is 43.6 Å². The molecular formula is C24H19FN4O3S. The Kier molecular flexibility index (Phi) is 5.18. The molecule has 0 radical (unpaired) electrons. The maximum Gasteiger partial charge on any atom is 0.260 e. The van der Waals surface area contributed by atoms with E-state index in [2.05, 4.69) is 15.0 Å². The van der Waals surface area contributed by atoms with Crippen LogP contribution in [-0.2, 0) is 7.05 Å². The minimum Gasteiger partial charge on any atom is -0.497 e. The SMILES string of the molecule is COc1ccc(-c2c(-c3cccc(OC)c3F)sc3nc(-c4nccn4C)[nH]c(=O)c23)cc1. The Morgan fingerprint density at radius 1 is 1.09 bits per heavy atom. The van der Waals surface area contributed by atoms with Gasteiger partial charge in [-0.15, -0.1) is 11.3 Å². The molecule has 1 N–H and O–H groups in total. The molecule has 0 spiro atoms. The van der Waals surface area contributed by atoms with Crippen molar-refractivity contribution in [2.45, 2.75) is 0 Å². The number of aromatic nitrogens is 4. The van der Waals surface area contributed by atoms with Gasteiger partial charge >= 0.3 is 0 Å². The van der Waals surface area contributed by atoms with Crippen LogP contribution in [0.2, 0.25) is 0 Å². The zero-order valence-electron chi connectivity index (χ0n) is 18.0. The van der Waals surface area contributed by atoms with Crippen molar-refractivity contribution in [3.05, 3.63) is 71.0 Å². The maximum atomic E-state index is 15.3. The molecular weight excluding hydrogens is 443 g/mol. The number of ether oxygens (including phenoxy) is 2. The summed E-state index contributed by atoms with van der Waals surface area (Å²) in [6.07, 6.45) is 3.40. The number of nitrogens with zero attached hydrogens (tertiary/aromatic N) is 3. The smallest absolute Gasteiger partial charge is 0.260 e. The molecule has 3 aromatic heterocycles. The molecule has 166 valence electrons. The lowest BCUT2D eigenvalue weighted by atomic mass is 9.99. The first-order chi connectivity index (χ1) is 16.0. The van der Waals surface area contributed by atoms with Gasteiger partial charge in [0.2, 0.25) is 0 Å². The highest BCUT2D eigenvalue weighted by atomic mass is 32.1. The van der Waals surface area contributed by atoms with Crippen LogP contribution in [0.15, 0.2) is 59.7 Å². The molecule has 0 aliphatic carbocycles. The minimum atomic E-state index is -0.498. The number of thiophene rings is 1. The zero-order chi connectivity index (χ0) is 23.1. The minimum absolute atomic E-state index is 0.126. The quantitative estimate of drug-likeness (QED) is 0.403. The normalized spacial score (nSPS) is 11.2. The number of rotatable bonds is 5. The highest BCUT2D eigenvalue weighted by Crippen LogP contribution is 2.45. The summed E-state index contributed by atoms with van der Waals surface area (Å²) in [5.74, 6) is 1.18. The zero-order valence-corrected chi connectivity index (χ0v) is 18.9. The predicted molar refractivity (Wildman–Crippen MR) is 126 cm³/mol. The number of hydrogen-bond acceptors (Lipinski definition) is 6. The first-order valence-corrected chi connectivity index (χ1v) is 10.8. The van der Waals surface area contributed by atoms with Gasteiger partial charge in [0.1, 0.15) is 10.6 Å². The van der Waals surface area contributed by atoms with Crippen LogP contribution in [0, 0.1) is 5.82 Å². The van der Waals surface area contributed by atoms with E-state index in [1.807, 2.05) is 19.2 Å². The van der Waals surface area contributed by atoms with Crippen LogP contribution in [-0.4, -0.2) is 33.7 Å². The molecule has 2 aromatic carbocycles. The van der Waals surface area contributed by atoms with E-state index < -0.39 is 5.82 Å². The van der Waals surface area contributed by atoms with Crippen molar-refractivity contribution < 1.29 is 13.9 Å². The Bertz CT molecular complexity index is 1540. The fourth-order valence-corrected chi connectivity index (χ4v) is 4.99. The van der Waals surface area contributed by atoms with Gasteiger partial charge in [-0.05, 0) is 23.8 Å². The average Bonchev–Trinajstić information content (AvgIpc) is 3.43. The molecule has 0 saturated carbocycles. The molecule has 7 nitrogen and oxygen atoms in total. The maximum absolute atomic E-state index is 15.3. The van der Waals surface area contributed by atoms with Gasteiger partial charge in [0.05, 0.1) is 19.6 Å². The van der Waals surface area contributed by atoms with Crippen molar-refractivity contribution >= 4 is 21.6 Å². The predicted octanol–water partition coefficient (Wildman–Crippen LogP) is 4.88. The topological polar surface area (TPSA) is 82.0 Å². The van der Waals surface area contributed by atoms with E-state index in [9.17, 15) is 4.79 Å². The largest absolute Gasteiger partial charge is 0.497 e. The molecule has 0 bridgehead atoms. The van der Waals surface area contributed by atoms with Gasteiger partial charge in [-0.3, -0.25) is 4.79 Å². The Morgan fingerprint density at radius 2 is 1.88 bits per heavy atom. The number of benzene rings is 2. The van der Waals surface area contributed by atoms with E-state index in [0.717, 1.165) is 5.56 Å². The number of nitrogens with one attached hydrogen (secondary N) is 1. The van der Waals surface area contributed by atoms with Crippen LogP contribution in [0.4, 0.5) is 4.39 Å². The van der Waals surface area contributed by atoms with E-state index in [-0.39, 0.29) is 11.3 Å². The van der Waals surface area contributed by atoms with Crippen LogP contribution in [0.5, 0.6) is 11.5 Å². The summed E-state index contributed by atoms with van der Waals surface area (Å²) >= 11 is 1.25. The summed E-state index contributed by atoms with van der Waals surface area (Å²) in [7, 11) is 4.82. The van der Waals surface area contributed by atoms with E-state index in [1.165, 1.54) is 18.4 Å². The lowest BCUT2D eigenvalue weighted by Crippen LogP contribution is -2.10. The van der Waals surface area contributed by atoms with Crippen LogP contribution >= 0.6 is 11.3 Å². The van der Waals surface area contributed by atoms with Crippen LogP contribution in [0.25, 0.3) is 43.4 Å². The van der Waals surface area contributed by atoms with Crippen molar-refractivity contribution in [3.8, 4) is 44.7 Å². The molecule has 9 heteroatoms. The van der Waals surface area contributed by atoms with Crippen LogP contribution in [0.3, 0.4) is 0 Å². The third-order valence-electron chi connectivity index (χ3n) is 5.40. The monoisotopic (exact) mass is 462 g/mol. The number of methoxy groups -OCH3 is 2. The second-order valence-corrected chi connectivity index (χ2v) is 8.31. The number of imidazole rings is 1. The molecule has 0 unspecified atom stereocenters. The molecule has 0 atom stereocenters. The van der Waals surface area contributed by atoms with Gasteiger partial charge in [0.25, 0.3) is 5.56 Å². The van der Waals surface area contributed by atoms with Gasteiger partial charge in [0, 0.05) is 35.4 Å². The summed E-state index contributed by atoms with van der Waals surface area (Å²) in [6, 6.07) is 12.2. The average molecular weight is 463 g/mol. The number of aryl methyl sites for hydroxylation is 1. The first kappa shape index (κ1) is 20.9. The van der Waals surface area contributed by atoms with Crippen LogP contribution in [0.1, 0.15) is 0 Å². The van der Waals surface area contributed by atoms with Gasteiger partial charge in [-0.1, -0.05) is 24.3 Å². The molecule has 0 aliphatic heterocycles. The fourth-order valence-electron chi connectivity index (χ4n) is 3.77. The molecule has 3 heterocycles. The lowest BCUT2D eigenvalue weighted by Gasteiger charge is -2.09. The summed E-state index contributed by atoms with van der Waals surface area (Å²) in [5, 5.41) is 0.389. The Morgan fingerprint density at radius 3 is 2.55 bits per heavy atom. The van der Waals surface area contributed by atoms with Gasteiger partial charge in [-0.2, -0.15) is 0 Å². The molecule has 5 aromatic rings. The van der Waals surface area contributed by atoms with Crippen molar-refractivity contribution in [1.82, 2.24) is 19.5 Å². The summed E-state index contributed by atoms with van der Waals surface area (Å²) < 4.78 is 27.5. The van der Waals surface area contributed by atoms with Gasteiger partial charge in [-0.25, -0.2) is 14.4 Å². The lowest BCUT2D eigenvalue weighted by molar-refractivity contribution is 0.387. The Balaban J connectivity index is 1.84. The Labute approximate surface area is 192 Å². The fraction of sp³-hybridized carbons (Fsp3) is 0.125. The van der Waals surface area contributed by atoms with E-state index in [4.69, 9.17) is 9.47 Å². The molecule has 0 saturated heterocycles. The summed E-state index contributed by atoms with van der Waals surface area (Å²) in [4.78, 5) is 26.2. The molecule has 0 fully saturated rings. The molecule has 0 aliphatic rings. The van der Waals surface area contributed by atoms with Crippen molar-refractivity contribution in [1.29, 1.82) is 0 Å². The molecule has 5 rings (SSSR count). The van der Waals surface area contributed by atoms with Crippen molar-refractivity contribution in [2.75, 3.05) is 14.2 Å². The molecule has 33 heavy (non-hydrogen) atoms. The highest BCUT2D eigenvalue weighted by molar-refractivity contribution is 7.22. The highest BCUT2D eigenvalue weighted by Gasteiger charge is 2.24. The summed E-state index contributed by atoms with van der Waals surface area (Å²) in [5.41, 5.74) is 1.36. The Hall–Kier alpha value is -3.98. The number of hydrogen-bond donors (Lipinski definition) is 1. The van der Waals surface area contributed by atoms with Crippen molar-refractivity contribution in [2.24, 2.45) is 7.05 Å².